The lowest BCUT2D eigenvalue weighted by atomic mass is 10.1. The van der Waals surface area contributed by atoms with Gasteiger partial charge in [0.05, 0.1) is 4.47 Å². The van der Waals surface area contributed by atoms with Crippen molar-refractivity contribution in [2.24, 2.45) is 0 Å². The van der Waals surface area contributed by atoms with Gasteiger partial charge in [-0.25, -0.2) is 8.78 Å². The first kappa shape index (κ1) is 10.5. The molecule has 0 N–H and O–H groups in total. The first-order valence-corrected chi connectivity index (χ1v) is 5.33. The lowest BCUT2D eigenvalue weighted by Gasteiger charge is -2.31. The molecule has 0 spiro atoms. The molecule has 0 unspecified atom stereocenters. The zero-order valence-corrected chi connectivity index (χ0v) is 9.35. The van der Waals surface area contributed by atoms with Crippen LogP contribution >= 0.6 is 15.9 Å². The van der Waals surface area contributed by atoms with Crippen LogP contribution in [0, 0.1) is 11.6 Å². The largest absolute Gasteiger partial charge is 0.338 e. The molecule has 0 aliphatic carbocycles. The van der Waals surface area contributed by atoms with Crippen molar-refractivity contribution in [3.63, 3.8) is 0 Å². The van der Waals surface area contributed by atoms with Crippen molar-refractivity contribution in [2.45, 2.75) is 6.42 Å². The molecule has 15 heavy (non-hydrogen) atoms. The van der Waals surface area contributed by atoms with Gasteiger partial charge in [0.25, 0.3) is 5.91 Å². The molecule has 1 aliphatic heterocycles. The van der Waals surface area contributed by atoms with E-state index in [1.165, 1.54) is 11.0 Å². The first-order valence-electron chi connectivity index (χ1n) is 4.54. The Bertz CT molecular complexity index is 418. The molecular formula is C10H8BrF2NO. The molecule has 0 aromatic heterocycles. The second-order valence-corrected chi connectivity index (χ2v) is 4.22. The number of amides is 1. The van der Waals surface area contributed by atoms with Gasteiger partial charge in [-0.05, 0) is 34.5 Å². The molecular weight excluding hydrogens is 268 g/mol. The summed E-state index contributed by atoms with van der Waals surface area (Å²) in [5.74, 6) is -2.21. The zero-order valence-electron chi connectivity index (χ0n) is 7.77. The smallest absolute Gasteiger partial charge is 0.259 e. The van der Waals surface area contributed by atoms with Gasteiger partial charge in [-0.15, -0.1) is 0 Å². The van der Waals surface area contributed by atoms with Crippen LogP contribution < -0.4 is 0 Å². The van der Waals surface area contributed by atoms with Crippen molar-refractivity contribution in [3.8, 4) is 0 Å². The molecule has 1 amide bonds. The van der Waals surface area contributed by atoms with E-state index in [0.717, 1.165) is 12.5 Å². The van der Waals surface area contributed by atoms with E-state index in [9.17, 15) is 13.6 Å². The number of benzene rings is 1. The fraction of sp³-hybridized carbons (Fsp3) is 0.300. The number of likely N-dealkylation sites (tertiary alicyclic amines) is 1. The number of carbonyl (C=O) groups excluding carboxylic acids is 1. The van der Waals surface area contributed by atoms with Gasteiger partial charge in [-0.3, -0.25) is 4.79 Å². The van der Waals surface area contributed by atoms with Crippen molar-refractivity contribution >= 4 is 21.8 Å². The van der Waals surface area contributed by atoms with Gasteiger partial charge in [-0.2, -0.15) is 0 Å². The summed E-state index contributed by atoms with van der Waals surface area (Å²) in [7, 11) is 0. The maximum Gasteiger partial charge on any atom is 0.259 e. The first-order chi connectivity index (χ1) is 7.11. The molecule has 0 bridgehead atoms. The Morgan fingerprint density at radius 1 is 1.33 bits per heavy atom. The van der Waals surface area contributed by atoms with Crippen LogP contribution in [0.1, 0.15) is 16.8 Å². The highest BCUT2D eigenvalue weighted by atomic mass is 79.9. The standard InChI is InChI=1S/C10H8BrF2NO/c11-6-2-3-7(12)8(9(6)13)10(15)14-4-1-5-14/h2-3H,1,4-5H2. The van der Waals surface area contributed by atoms with Crippen LogP contribution in [0.3, 0.4) is 0 Å². The van der Waals surface area contributed by atoms with Gasteiger partial charge < -0.3 is 4.90 Å². The Morgan fingerprint density at radius 2 is 2.00 bits per heavy atom. The number of carbonyl (C=O) groups is 1. The van der Waals surface area contributed by atoms with E-state index in [-0.39, 0.29) is 4.47 Å². The molecule has 5 heteroatoms. The minimum absolute atomic E-state index is 0.104. The molecule has 0 radical (unpaired) electrons. The van der Waals surface area contributed by atoms with E-state index >= 15 is 0 Å². The van der Waals surface area contributed by atoms with Crippen LogP contribution in [0.4, 0.5) is 8.78 Å². The van der Waals surface area contributed by atoms with Gasteiger partial charge in [0.1, 0.15) is 11.4 Å². The summed E-state index contributed by atoms with van der Waals surface area (Å²) in [6, 6.07) is 2.33. The molecule has 1 saturated heterocycles. The quantitative estimate of drug-likeness (QED) is 0.722. The van der Waals surface area contributed by atoms with E-state index < -0.39 is 23.1 Å². The molecule has 1 aromatic rings. The number of hydrogen-bond acceptors (Lipinski definition) is 1. The Labute approximate surface area is 94.0 Å². The van der Waals surface area contributed by atoms with Gasteiger partial charge in [-0.1, -0.05) is 0 Å². The fourth-order valence-electron chi connectivity index (χ4n) is 1.40. The lowest BCUT2D eigenvalue weighted by Crippen LogP contribution is -2.42. The van der Waals surface area contributed by atoms with Crippen molar-refractivity contribution in [3.05, 3.63) is 33.8 Å². The molecule has 1 aromatic carbocycles. The van der Waals surface area contributed by atoms with Crippen LogP contribution in [0.5, 0.6) is 0 Å². The molecule has 1 heterocycles. The maximum absolute atomic E-state index is 13.5. The van der Waals surface area contributed by atoms with Crippen LogP contribution in [0.2, 0.25) is 0 Å². The van der Waals surface area contributed by atoms with Crippen molar-refractivity contribution < 1.29 is 13.6 Å². The lowest BCUT2D eigenvalue weighted by molar-refractivity contribution is 0.0641. The molecule has 2 rings (SSSR count). The topological polar surface area (TPSA) is 20.3 Å². The third-order valence-corrected chi connectivity index (χ3v) is 3.01. The Hall–Kier alpha value is -0.970. The van der Waals surface area contributed by atoms with Crippen LogP contribution in [0.25, 0.3) is 0 Å². The predicted octanol–water partition coefficient (Wildman–Crippen LogP) is 2.57. The SMILES string of the molecule is O=C(c1c(F)ccc(Br)c1F)N1CCC1. The van der Waals surface area contributed by atoms with Crippen molar-refractivity contribution in [1.82, 2.24) is 4.90 Å². The van der Waals surface area contributed by atoms with E-state index in [4.69, 9.17) is 0 Å². The zero-order chi connectivity index (χ0) is 11.0. The summed E-state index contributed by atoms with van der Waals surface area (Å²) in [5, 5.41) is 0. The summed E-state index contributed by atoms with van der Waals surface area (Å²) in [6.45, 7) is 1.15. The highest BCUT2D eigenvalue weighted by Crippen LogP contribution is 2.24. The molecule has 0 atom stereocenters. The Balaban J connectivity index is 2.41. The molecule has 2 nitrogen and oxygen atoms in total. The maximum atomic E-state index is 13.5. The van der Waals surface area contributed by atoms with Gasteiger partial charge in [0.2, 0.25) is 0 Å². The summed E-state index contributed by atoms with van der Waals surface area (Å²) >= 11 is 2.93. The number of halogens is 3. The number of nitrogens with zero attached hydrogens (tertiary/aromatic N) is 1. The van der Waals surface area contributed by atoms with Crippen molar-refractivity contribution in [1.29, 1.82) is 0 Å². The van der Waals surface area contributed by atoms with E-state index in [1.54, 1.807) is 0 Å². The van der Waals surface area contributed by atoms with Gasteiger partial charge >= 0.3 is 0 Å². The highest BCUT2D eigenvalue weighted by Gasteiger charge is 2.27. The third-order valence-electron chi connectivity index (χ3n) is 2.40. The second-order valence-electron chi connectivity index (χ2n) is 3.36. The minimum Gasteiger partial charge on any atom is -0.338 e. The average molecular weight is 276 g/mol. The number of rotatable bonds is 1. The molecule has 0 saturated carbocycles. The normalized spacial score (nSPS) is 15.0. The van der Waals surface area contributed by atoms with Crippen LogP contribution in [-0.2, 0) is 0 Å². The Morgan fingerprint density at radius 3 is 2.53 bits per heavy atom. The Kier molecular flexibility index (Phi) is 2.73. The molecule has 80 valence electrons. The van der Waals surface area contributed by atoms with E-state index in [0.29, 0.717) is 13.1 Å². The van der Waals surface area contributed by atoms with E-state index in [1.807, 2.05) is 0 Å². The fourth-order valence-corrected chi connectivity index (χ4v) is 1.73. The average Bonchev–Trinajstić information content (AvgIpc) is 2.09. The predicted molar refractivity (Wildman–Crippen MR) is 54.6 cm³/mol. The van der Waals surface area contributed by atoms with Gasteiger partial charge in [0.15, 0.2) is 5.82 Å². The monoisotopic (exact) mass is 275 g/mol. The summed E-state index contributed by atoms with van der Waals surface area (Å²) in [5.41, 5.74) is -0.468. The van der Waals surface area contributed by atoms with Crippen LogP contribution in [0.15, 0.2) is 16.6 Å². The molecule has 1 fully saturated rings. The van der Waals surface area contributed by atoms with E-state index in [2.05, 4.69) is 15.9 Å². The third kappa shape index (κ3) is 1.76. The summed E-state index contributed by atoms with van der Waals surface area (Å²) in [4.78, 5) is 13.1. The van der Waals surface area contributed by atoms with Crippen LogP contribution in [-0.4, -0.2) is 23.9 Å². The second kappa shape index (κ2) is 3.89. The van der Waals surface area contributed by atoms with Crippen molar-refractivity contribution in [2.75, 3.05) is 13.1 Å². The van der Waals surface area contributed by atoms with Gasteiger partial charge in [0, 0.05) is 13.1 Å². The summed E-state index contributed by atoms with van der Waals surface area (Å²) < 4.78 is 26.9. The number of hydrogen-bond donors (Lipinski definition) is 0. The minimum atomic E-state index is -0.827. The summed E-state index contributed by atoms with van der Waals surface area (Å²) in [6.07, 6.45) is 0.892. The molecule has 1 aliphatic rings. The highest BCUT2D eigenvalue weighted by molar-refractivity contribution is 9.10.